The predicted molar refractivity (Wildman–Crippen MR) is 150 cm³/mol. The number of rotatable bonds is 5. The first-order valence-electron chi connectivity index (χ1n) is 13.0. The molecule has 0 bridgehead atoms. The van der Waals surface area contributed by atoms with Crippen molar-refractivity contribution in [2.75, 3.05) is 31.1 Å². The highest BCUT2D eigenvalue weighted by Crippen LogP contribution is 2.29. The van der Waals surface area contributed by atoms with Crippen LogP contribution in [-0.4, -0.2) is 47.0 Å². The van der Waals surface area contributed by atoms with Crippen LogP contribution in [0.5, 0.6) is 0 Å². The van der Waals surface area contributed by atoms with E-state index < -0.39 is 0 Å². The standard InChI is InChI=1S/C32H34N4O/c1-22-11-14-27(15-12-22)32(37)36-18-16-35(17-19-36)31-29(21-28-20-23(2)10-13-24(28)3)25(4)33-30(34-31)26-8-6-5-7-9-26/h5-15,20H,16-19,21H2,1-4H3. The largest absolute Gasteiger partial charge is 0.353 e. The van der Waals surface area contributed by atoms with Crippen molar-refractivity contribution in [3.8, 4) is 11.4 Å². The fraction of sp³-hybridized carbons (Fsp3) is 0.281. The molecule has 0 saturated carbocycles. The highest BCUT2D eigenvalue weighted by Gasteiger charge is 2.26. The molecule has 0 atom stereocenters. The lowest BCUT2D eigenvalue weighted by Crippen LogP contribution is -2.49. The molecule has 1 aliphatic rings. The van der Waals surface area contributed by atoms with Crippen molar-refractivity contribution in [3.05, 3.63) is 112 Å². The van der Waals surface area contributed by atoms with E-state index in [1.165, 1.54) is 16.7 Å². The van der Waals surface area contributed by atoms with Gasteiger partial charge in [-0.25, -0.2) is 9.97 Å². The summed E-state index contributed by atoms with van der Waals surface area (Å²) in [6.45, 7) is 11.2. The molecule has 5 nitrogen and oxygen atoms in total. The Hall–Kier alpha value is -3.99. The third-order valence-corrected chi connectivity index (χ3v) is 7.26. The first-order chi connectivity index (χ1) is 17.9. The van der Waals surface area contributed by atoms with Gasteiger partial charge in [-0.2, -0.15) is 0 Å². The van der Waals surface area contributed by atoms with Gasteiger partial charge in [0, 0.05) is 55.0 Å². The molecule has 3 aromatic carbocycles. The molecule has 1 aliphatic heterocycles. The molecule has 0 spiro atoms. The van der Waals surface area contributed by atoms with Crippen LogP contribution >= 0.6 is 0 Å². The van der Waals surface area contributed by atoms with Crippen molar-refractivity contribution in [2.24, 2.45) is 0 Å². The van der Waals surface area contributed by atoms with E-state index in [0.717, 1.165) is 59.1 Å². The van der Waals surface area contributed by atoms with E-state index in [1.807, 2.05) is 54.3 Å². The predicted octanol–water partition coefficient (Wildman–Crippen LogP) is 5.93. The van der Waals surface area contributed by atoms with Gasteiger partial charge >= 0.3 is 0 Å². The zero-order chi connectivity index (χ0) is 25.9. The first kappa shape index (κ1) is 24.7. The first-order valence-corrected chi connectivity index (χ1v) is 13.0. The van der Waals surface area contributed by atoms with Crippen LogP contribution in [0.1, 0.15) is 43.9 Å². The van der Waals surface area contributed by atoms with Gasteiger partial charge in [-0.1, -0.05) is 71.8 Å². The molecular formula is C32H34N4O. The summed E-state index contributed by atoms with van der Waals surface area (Å²) in [5.41, 5.74) is 8.91. The second kappa shape index (κ2) is 10.6. The molecule has 0 N–H and O–H groups in total. The summed E-state index contributed by atoms with van der Waals surface area (Å²) in [7, 11) is 0. The highest BCUT2D eigenvalue weighted by atomic mass is 16.2. The third-order valence-electron chi connectivity index (χ3n) is 7.26. The number of hydrogen-bond acceptors (Lipinski definition) is 4. The Morgan fingerprint density at radius 2 is 1.46 bits per heavy atom. The van der Waals surface area contributed by atoms with Gasteiger partial charge in [0.2, 0.25) is 0 Å². The number of benzene rings is 3. The number of aryl methyl sites for hydroxylation is 4. The van der Waals surface area contributed by atoms with E-state index in [9.17, 15) is 4.79 Å². The lowest BCUT2D eigenvalue weighted by Gasteiger charge is -2.36. The molecule has 0 unspecified atom stereocenters. The van der Waals surface area contributed by atoms with E-state index >= 15 is 0 Å². The average Bonchev–Trinajstić information content (AvgIpc) is 2.92. The van der Waals surface area contributed by atoms with Crippen LogP contribution in [0.15, 0.2) is 72.8 Å². The van der Waals surface area contributed by atoms with Crippen LogP contribution in [0.25, 0.3) is 11.4 Å². The quantitative estimate of drug-likeness (QED) is 0.348. The zero-order valence-electron chi connectivity index (χ0n) is 22.2. The summed E-state index contributed by atoms with van der Waals surface area (Å²) in [5.74, 6) is 1.82. The summed E-state index contributed by atoms with van der Waals surface area (Å²) in [5, 5.41) is 0. The molecule has 1 aromatic heterocycles. The third kappa shape index (κ3) is 5.41. The number of anilines is 1. The van der Waals surface area contributed by atoms with Gasteiger partial charge in [0.25, 0.3) is 5.91 Å². The minimum absolute atomic E-state index is 0.0964. The second-order valence-electron chi connectivity index (χ2n) is 10.1. The molecule has 5 heteroatoms. The monoisotopic (exact) mass is 490 g/mol. The van der Waals surface area contributed by atoms with Gasteiger partial charge in [0.1, 0.15) is 5.82 Å². The van der Waals surface area contributed by atoms with Crippen molar-refractivity contribution < 1.29 is 4.79 Å². The average molecular weight is 491 g/mol. The summed E-state index contributed by atoms with van der Waals surface area (Å²) in [6, 6.07) is 24.6. The van der Waals surface area contributed by atoms with E-state index in [0.29, 0.717) is 13.1 Å². The molecule has 1 saturated heterocycles. The van der Waals surface area contributed by atoms with Crippen molar-refractivity contribution in [1.29, 1.82) is 0 Å². The highest BCUT2D eigenvalue weighted by molar-refractivity contribution is 5.94. The van der Waals surface area contributed by atoms with Gasteiger partial charge in [0.05, 0.1) is 0 Å². The Morgan fingerprint density at radius 1 is 0.784 bits per heavy atom. The molecule has 0 aliphatic carbocycles. The lowest BCUT2D eigenvalue weighted by atomic mass is 9.97. The van der Waals surface area contributed by atoms with Crippen LogP contribution in [-0.2, 0) is 6.42 Å². The van der Waals surface area contributed by atoms with Gasteiger partial charge < -0.3 is 9.80 Å². The van der Waals surface area contributed by atoms with E-state index in [1.54, 1.807) is 0 Å². The van der Waals surface area contributed by atoms with Crippen molar-refractivity contribution in [2.45, 2.75) is 34.1 Å². The van der Waals surface area contributed by atoms with E-state index in [4.69, 9.17) is 9.97 Å². The number of carbonyl (C=O) groups is 1. The Kier molecular flexibility index (Phi) is 7.04. The van der Waals surface area contributed by atoms with E-state index in [-0.39, 0.29) is 5.91 Å². The maximum Gasteiger partial charge on any atom is 0.253 e. The van der Waals surface area contributed by atoms with Gasteiger partial charge in [-0.05, 0) is 51.0 Å². The summed E-state index contributed by atoms with van der Waals surface area (Å²) >= 11 is 0. The van der Waals surface area contributed by atoms with Crippen LogP contribution in [0.2, 0.25) is 0 Å². The van der Waals surface area contributed by atoms with Crippen LogP contribution < -0.4 is 4.90 Å². The van der Waals surface area contributed by atoms with Gasteiger partial charge in [-0.15, -0.1) is 0 Å². The molecular weight excluding hydrogens is 456 g/mol. The Balaban J connectivity index is 1.46. The minimum Gasteiger partial charge on any atom is -0.353 e. The molecule has 188 valence electrons. The van der Waals surface area contributed by atoms with Crippen LogP contribution in [0.4, 0.5) is 5.82 Å². The number of carbonyl (C=O) groups excluding carboxylic acids is 1. The molecule has 5 rings (SSSR count). The summed E-state index contributed by atoms with van der Waals surface area (Å²) < 4.78 is 0. The topological polar surface area (TPSA) is 49.3 Å². The SMILES string of the molecule is Cc1ccc(C(=O)N2CCN(c3nc(-c4ccccc4)nc(C)c3Cc3cc(C)ccc3C)CC2)cc1. The summed E-state index contributed by atoms with van der Waals surface area (Å²) in [4.78, 5) is 27.5. The molecule has 4 aromatic rings. The molecule has 1 fully saturated rings. The van der Waals surface area contributed by atoms with Crippen molar-refractivity contribution in [1.82, 2.24) is 14.9 Å². The Bertz CT molecular complexity index is 1410. The number of nitrogens with zero attached hydrogens (tertiary/aromatic N) is 4. The van der Waals surface area contributed by atoms with Crippen LogP contribution in [0.3, 0.4) is 0 Å². The molecule has 37 heavy (non-hydrogen) atoms. The smallest absolute Gasteiger partial charge is 0.253 e. The fourth-order valence-corrected chi connectivity index (χ4v) is 4.95. The fourth-order valence-electron chi connectivity index (χ4n) is 4.95. The Morgan fingerprint density at radius 3 is 2.16 bits per heavy atom. The summed E-state index contributed by atoms with van der Waals surface area (Å²) in [6.07, 6.45) is 0.784. The number of piperazine rings is 1. The number of hydrogen-bond donors (Lipinski definition) is 0. The van der Waals surface area contributed by atoms with Crippen molar-refractivity contribution >= 4 is 11.7 Å². The lowest BCUT2D eigenvalue weighted by molar-refractivity contribution is 0.0746. The van der Waals surface area contributed by atoms with E-state index in [2.05, 4.69) is 56.0 Å². The minimum atomic E-state index is 0.0964. The number of aromatic nitrogens is 2. The van der Waals surface area contributed by atoms with Gasteiger partial charge in [0.15, 0.2) is 5.82 Å². The maximum absolute atomic E-state index is 13.1. The van der Waals surface area contributed by atoms with Crippen LogP contribution in [0, 0.1) is 27.7 Å². The Labute approximate surface area is 219 Å². The molecule has 1 amide bonds. The van der Waals surface area contributed by atoms with Gasteiger partial charge in [-0.3, -0.25) is 4.79 Å². The zero-order valence-corrected chi connectivity index (χ0v) is 22.2. The maximum atomic E-state index is 13.1. The van der Waals surface area contributed by atoms with Crippen molar-refractivity contribution in [3.63, 3.8) is 0 Å². The normalized spacial score (nSPS) is 13.6. The molecule has 0 radical (unpaired) electrons. The molecule has 2 heterocycles. The number of amides is 1. The second-order valence-corrected chi connectivity index (χ2v) is 10.1.